The Balaban J connectivity index is 1.78. The Morgan fingerprint density at radius 3 is 1.97 bits per heavy atom. The van der Waals surface area contributed by atoms with E-state index in [9.17, 15) is 18.0 Å². The van der Waals surface area contributed by atoms with Gasteiger partial charge in [-0.1, -0.05) is 85.8 Å². The van der Waals surface area contributed by atoms with Crippen LogP contribution in [0.1, 0.15) is 37.3 Å². The van der Waals surface area contributed by atoms with Crippen molar-refractivity contribution >= 4 is 21.8 Å². The van der Waals surface area contributed by atoms with Crippen molar-refractivity contribution in [3.8, 4) is 0 Å². The molecule has 0 bridgehead atoms. The molecule has 0 fully saturated rings. The summed E-state index contributed by atoms with van der Waals surface area (Å²) in [5, 5.41) is 2.97. The first-order chi connectivity index (χ1) is 18.3. The number of rotatable bonds is 14. The summed E-state index contributed by atoms with van der Waals surface area (Å²) in [5.74, 6) is -0.379. The maximum absolute atomic E-state index is 13.6. The van der Waals surface area contributed by atoms with Gasteiger partial charge in [-0.3, -0.25) is 9.59 Å². The number of carbonyl (C=O) groups is 2. The molecule has 0 unspecified atom stereocenters. The number of nitrogens with one attached hydrogen (secondary N) is 1. The number of amides is 2. The molecule has 0 saturated heterocycles. The summed E-state index contributed by atoms with van der Waals surface area (Å²) < 4.78 is 27.0. The van der Waals surface area contributed by atoms with Crippen LogP contribution in [0.3, 0.4) is 0 Å². The molecule has 0 radical (unpaired) electrons. The third-order valence-electron chi connectivity index (χ3n) is 6.33. The van der Waals surface area contributed by atoms with Crippen molar-refractivity contribution in [2.24, 2.45) is 0 Å². The summed E-state index contributed by atoms with van der Waals surface area (Å²) in [7, 11) is -2.12. The molecule has 202 valence electrons. The molecule has 8 heteroatoms. The zero-order valence-electron chi connectivity index (χ0n) is 22.1. The maximum Gasteiger partial charge on any atom is 0.243 e. The second kappa shape index (κ2) is 14.4. The fraction of sp³-hybridized carbons (Fsp3) is 0.333. The van der Waals surface area contributed by atoms with E-state index in [0.717, 1.165) is 17.5 Å². The minimum absolute atomic E-state index is 0.119. The topological polar surface area (TPSA) is 86.8 Å². The Bertz CT molecular complexity index is 1250. The summed E-state index contributed by atoms with van der Waals surface area (Å²) in [6.45, 7) is 2.99. The van der Waals surface area contributed by atoms with E-state index < -0.39 is 16.1 Å². The third kappa shape index (κ3) is 8.26. The Labute approximate surface area is 226 Å². The SMILES string of the molecule is CCCNC(=O)[C@@H](Cc1ccccc1)N(Cc1ccccc1)C(=O)CCCN(C)S(=O)(=O)c1ccccc1. The van der Waals surface area contributed by atoms with Crippen LogP contribution in [0.25, 0.3) is 0 Å². The third-order valence-corrected chi connectivity index (χ3v) is 8.20. The lowest BCUT2D eigenvalue weighted by Crippen LogP contribution is -2.50. The van der Waals surface area contributed by atoms with Gasteiger partial charge in [-0.15, -0.1) is 0 Å². The quantitative estimate of drug-likeness (QED) is 0.334. The average molecular weight is 536 g/mol. The molecule has 1 N–H and O–H groups in total. The first kappa shape index (κ1) is 29.1. The zero-order chi connectivity index (χ0) is 27.4. The highest BCUT2D eigenvalue weighted by molar-refractivity contribution is 7.89. The van der Waals surface area contributed by atoms with Gasteiger partial charge < -0.3 is 10.2 Å². The standard InChI is InChI=1S/C30H37N3O4S/c1-3-21-31-30(35)28(23-25-14-7-4-8-15-25)33(24-26-16-9-5-10-17-26)29(34)20-13-22-32(2)38(36,37)27-18-11-6-12-19-27/h4-12,14-19,28H,3,13,20-24H2,1-2H3,(H,31,35)/t28-/m1/s1. The molecule has 0 aliphatic heterocycles. The number of hydrogen-bond acceptors (Lipinski definition) is 4. The molecule has 38 heavy (non-hydrogen) atoms. The van der Waals surface area contributed by atoms with Crippen molar-refractivity contribution in [2.75, 3.05) is 20.1 Å². The van der Waals surface area contributed by atoms with Crippen molar-refractivity contribution < 1.29 is 18.0 Å². The van der Waals surface area contributed by atoms with Crippen molar-refractivity contribution in [1.29, 1.82) is 0 Å². The summed E-state index contributed by atoms with van der Waals surface area (Å²) >= 11 is 0. The monoisotopic (exact) mass is 535 g/mol. The molecule has 3 rings (SSSR count). The van der Waals surface area contributed by atoms with Gasteiger partial charge in [-0.25, -0.2) is 12.7 Å². The van der Waals surface area contributed by atoms with Crippen LogP contribution in [0, 0.1) is 0 Å². The van der Waals surface area contributed by atoms with Crippen molar-refractivity contribution in [2.45, 2.75) is 50.1 Å². The lowest BCUT2D eigenvalue weighted by molar-refractivity contribution is -0.141. The second-order valence-corrected chi connectivity index (χ2v) is 11.3. The average Bonchev–Trinajstić information content (AvgIpc) is 2.95. The fourth-order valence-electron chi connectivity index (χ4n) is 4.19. The van der Waals surface area contributed by atoms with Gasteiger partial charge in [0.05, 0.1) is 4.90 Å². The van der Waals surface area contributed by atoms with Gasteiger partial charge in [0.15, 0.2) is 0 Å². The van der Waals surface area contributed by atoms with E-state index in [4.69, 9.17) is 0 Å². The molecule has 3 aromatic carbocycles. The molecule has 7 nitrogen and oxygen atoms in total. The molecule has 0 saturated carbocycles. The van der Waals surface area contributed by atoms with Gasteiger partial charge in [0.25, 0.3) is 0 Å². The summed E-state index contributed by atoms with van der Waals surface area (Å²) in [6, 6.07) is 26.8. The van der Waals surface area contributed by atoms with Gasteiger partial charge in [-0.2, -0.15) is 0 Å². The maximum atomic E-state index is 13.6. The van der Waals surface area contributed by atoms with Crippen LogP contribution in [0.15, 0.2) is 95.9 Å². The molecule has 2 amide bonds. The molecule has 0 aliphatic carbocycles. The Hall–Kier alpha value is -3.49. The lowest BCUT2D eigenvalue weighted by atomic mass is 10.0. The van der Waals surface area contributed by atoms with E-state index in [2.05, 4.69) is 5.32 Å². The first-order valence-electron chi connectivity index (χ1n) is 13.0. The van der Waals surface area contributed by atoms with Crippen LogP contribution in [0.5, 0.6) is 0 Å². The smallest absolute Gasteiger partial charge is 0.243 e. The predicted molar refractivity (Wildman–Crippen MR) is 150 cm³/mol. The number of sulfonamides is 1. The van der Waals surface area contributed by atoms with E-state index in [1.807, 2.05) is 67.6 Å². The number of nitrogens with zero attached hydrogens (tertiary/aromatic N) is 2. The van der Waals surface area contributed by atoms with Gasteiger partial charge >= 0.3 is 0 Å². The van der Waals surface area contributed by atoms with Crippen LogP contribution >= 0.6 is 0 Å². The highest BCUT2D eigenvalue weighted by Crippen LogP contribution is 2.18. The Kier molecular flexibility index (Phi) is 11.1. The van der Waals surface area contributed by atoms with Crippen LogP contribution in [0.4, 0.5) is 0 Å². The summed E-state index contributed by atoms with van der Waals surface area (Å²) in [6.07, 6.45) is 1.63. The van der Waals surface area contributed by atoms with E-state index in [1.54, 1.807) is 35.2 Å². The molecule has 3 aromatic rings. The van der Waals surface area contributed by atoms with E-state index in [-0.39, 0.29) is 36.2 Å². The predicted octanol–water partition coefficient (Wildman–Crippen LogP) is 4.25. The van der Waals surface area contributed by atoms with Crippen molar-refractivity contribution in [1.82, 2.24) is 14.5 Å². The zero-order valence-corrected chi connectivity index (χ0v) is 22.9. The molecular weight excluding hydrogens is 498 g/mol. The summed E-state index contributed by atoms with van der Waals surface area (Å²) in [4.78, 5) is 28.8. The molecule has 1 atom stereocenters. The number of carbonyl (C=O) groups excluding carboxylic acids is 2. The number of hydrogen-bond donors (Lipinski definition) is 1. The van der Waals surface area contributed by atoms with Crippen molar-refractivity contribution in [3.05, 3.63) is 102 Å². The van der Waals surface area contributed by atoms with Crippen LogP contribution in [0.2, 0.25) is 0 Å². The van der Waals surface area contributed by atoms with Gasteiger partial charge in [-0.05, 0) is 36.1 Å². The first-order valence-corrected chi connectivity index (χ1v) is 14.4. The Morgan fingerprint density at radius 1 is 0.842 bits per heavy atom. The number of benzene rings is 3. The minimum Gasteiger partial charge on any atom is -0.354 e. The second-order valence-electron chi connectivity index (χ2n) is 9.25. The molecule has 0 aromatic heterocycles. The molecule has 0 aliphatic rings. The highest BCUT2D eigenvalue weighted by atomic mass is 32.2. The molecule has 0 spiro atoms. The normalized spacial score (nSPS) is 12.2. The fourth-order valence-corrected chi connectivity index (χ4v) is 5.42. The summed E-state index contributed by atoms with van der Waals surface area (Å²) in [5.41, 5.74) is 1.88. The van der Waals surface area contributed by atoms with Crippen molar-refractivity contribution in [3.63, 3.8) is 0 Å². The highest BCUT2D eigenvalue weighted by Gasteiger charge is 2.30. The van der Waals surface area contributed by atoms with E-state index in [0.29, 0.717) is 19.4 Å². The van der Waals surface area contributed by atoms with E-state index in [1.165, 1.54) is 11.4 Å². The van der Waals surface area contributed by atoms with E-state index >= 15 is 0 Å². The lowest BCUT2D eigenvalue weighted by Gasteiger charge is -2.32. The minimum atomic E-state index is -3.64. The largest absolute Gasteiger partial charge is 0.354 e. The van der Waals surface area contributed by atoms with Gasteiger partial charge in [0.1, 0.15) is 6.04 Å². The van der Waals surface area contributed by atoms with Crippen LogP contribution in [-0.4, -0.2) is 55.6 Å². The van der Waals surface area contributed by atoms with Gasteiger partial charge in [0.2, 0.25) is 21.8 Å². The molecule has 0 heterocycles. The molecular formula is C30H37N3O4S. The van der Waals surface area contributed by atoms with Crippen LogP contribution in [-0.2, 0) is 32.6 Å². The Morgan fingerprint density at radius 2 is 1.39 bits per heavy atom. The van der Waals surface area contributed by atoms with Gasteiger partial charge in [0, 0.05) is 39.5 Å². The van der Waals surface area contributed by atoms with Crippen LogP contribution < -0.4 is 5.32 Å².